The highest BCUT2D eigenvalue weighted by Gasteiger charge is 2.61. The van der Waals surface area contributed by atoms with Crippen molar-refractivity contribution in [3.63, 3.8) is 0 Å². The van der Waals surface area contributed by atoms with Gasteiger partial charge in [0.25, 0.3) is 0 Å². The Labute approximate surface area is 203 Å². The Hall–Kier alpha value is -3.77. The second-order valence-electron chi connectivity index (χ2n) is 10.1. The third kappa shape index (κ3) is 3.94. The Morgan fingerprint density at radius 2 is 1.91 bits per heavy atom. The Balaban J connectivity index is 1.21. The number of halogens is 1. The van der Waals surface area contributed by atoms with E-state index >= 15 is 0 Å². The van der Waals surface area contributed by atoms with Gasteiger partial charge in [-0.05, 0) is 85.5 Å². The van der Waals surface area contributed by atoms with E-state index in [0.717, 1.165) is 51.9 Å². The van der Waals surface area contributed by atoms with E-state index in [4.69, 9.17) is 0 Å². The minimum atomic E-state index is -0.490. The lowest BCUT2D eigenvalue weighted by Gasteiger charge is -2.25. The lowest BCUT2D eigenvalue weighted by Crippen LogP contribution is -2.32. The number of carbonyl (C=O) groups is 1. The predicted octanol–water partition coefficient (Wildman–Crippen LogP) is 5.60. The summed E-state index contributed by atoms with van der Waals surface area (Å²) in [4.78, 5) is 15.1. The number of aromatic nitrogens is 2. The second kappa shape index (κ2) is 8.17. The van der Waals surface area contributed by atoms with Crippen LogP contribution in [-0.2, 0) is 17.8 Å². The summed E-state index contributed by atoms with van der Waals surface area (Å²) < 4.78 is 13.8. The van der Waals surface area contributed by atoms with Crippen molar-refractivity contribution in [1.29, 1.82) is 0 Å². The van der Waals surface area contributed by atoms with Crippen LogP contribution in [0.25, 0.3) is 23.1 Å². The number of nitrogens with one attached hydrogen (secondary N) is 2. The average molecular weight is 467 g/mol. The first kappa shape index (κ1) is 21.7. The highest BCUT2D eigenvalue weighted by molar-refractivity contribution is 6.01. The maximum atomic E-state index is 13.8. The molecule has 3 aromatic carbocycles. The van der Waals surface area contributed by atoms with Crippen LogP contribution in [0.5, 0.6) is 0 Å². The third-order valence-electron chi connectivity index (χ3n) is 7.28. The molecule has 5 nitrogen and oxygen atoms in total. The van der Waals surface area contributed by atoms with Crippen LogP contribution in [0.3, 0.4) is 0 Å². The first-order chi connectivity index (χ1) is 16.9. The van der Waals surface area contributed by atoms with E-state index < -0.39 is 5.41 Å². The first-order valence-electron chi connectivity index (χ1n) is 11.9. The number of aromatic amines is 1. The quantitative estimate of drug-likeness (QED) is 0.402. The zero-order chi connectivity index (χ0) is 24.2. The fourth-order valence-corrected chi connectivity index (χ4v) is 5.36. The molecule has 0 unspecified atom stereocenters. The molecule has 1 saturated carbocycles. The van der Waals surface area contributed by atoms with Gasteiger partial charge < -0.3 is 10.2 Å². The number of nitrogens with zero attached hydrogens (tertiary/aromatic N) is 2. The molecule has 2 N–H and O–H groups in total. The molecule has 1 fully saturated rings. The van der Waals surface area contributed by atoms with E-state index in [2.05, 4.69) is 83.0 Å². The van der Waals surface area contributed by atoms with Crippen LogP contribution in [0.1, 0.15) is 40.3 Å². The topological polar surface area (TPSA) is 61.0 Å². The number of rotatable bonds is 5. The Kier molecular flexibility index (Phi) is 5.07. The van der Waals surface area contributed by atoms with Gasteiger partial charge in [0.2, 0.25) is 5.91 Å². The van der Waals surface area contributed by atoms with Crippen molar-refractivity contribution in [3.8, 4) is 0 Å². The van der Waals surface area contributed by atoms with Gasteiger partial charge in [0.05, 0.1) is 16.6 Å². The number of anilines is 1. The molecule has 1 spiro atoms. The molecule has 6 heteroatoms. The number of hydrogen-bond donors (Lipinski definition) is 2. The molecule has 0 saturated heterocycles. The Morgan fingerprint density at radius 1 is 1.09 bits per heavy atom. The molecule has 2 aliphatic rings. The summed E-state index contributed by atoms with van der Waals surface area (Å²) in [6.45, 7) is 0.920. The normalized spacial score (nSPS) is 21.1. The van der Waals surface area contributed by atoms with E-state index in [0.29, 0.717) is 6.42 Å². The lowest BCUT2D eigenvalue weighted by molar-refractivity contribution is -0.121. The van der Waals surface area contributed by atoms with Crippen molar-refractivity contribution in [1.82, 2.24) is 15.1 Å². The van der Waals surface area contributed by atoms with Gasteiger partial charge in [-0.15, -0.1) is 0 Å². The van der Waals surface area contributed by atoms with Crippen LogP contribution >= 0.6 is 0 Å². The van der Waals surface area contributed by atoms with Gasteiger partial charge in [-0.2, -0.15) is 5.10 Å². The standard InChI is InChI=1S/C29H27FN4O/c1-34(2)17-19-5-3-18(4-6-19)7-11-26-23-10-8-20(14-27(23)33-32-26)24-16-29(24)15-21-13-22(30)9-12-25(21)31-28(29)35/h3-14,24H,15-17H2,1-2H3,(H,31,35)(H,32,33)/b11-7+/t24-,29+/m0/s1. The van der Waals surface area contributed by atoms with Crippen molar-refractivity contribution in [2.24, 2.45) is 5.41 Å². The van der Waals surface area contributed by atoms with Gasteiger partial charge in [-0.3, -0.25) is 9.89 Å². The van der Waals surface area contributed by atoms with Crippen molar-refractivity contribution in [2.45, 2.75) is 25.3 Å². The molecule has 1 amide bonds. The molecule has 2 heterocycles. The van der Waals surface area contributed by atoms with Gasteiger partial charge in [-0.25, -0.2) is 4.39 Å². The minimum absolute atomic E-state index is 0.0338. The maximum absolute atomic E-state index is 13.8. The number of hydrogen-bond acceptors (Lipinski definition) is 3. The van der Waals surface area contributed by atoms with Crippen molar-refractivity contribution in [3.05, 3.63) is 94.4 Å². The van der Waals surface area contributed by atoms with Gasteiger partial charge >= 0.3 is 0 Å². The third-order valence-corrected chi connectivity index (χ3v) is 7.28. The molecule has 2 atom stereocenters. The smallest absolute Gasteiger partial charge is 0.231 e. The van der Waals surface area contributed by atoms with Crippen molar-refractivity contribution < 1.29 is 9.18 Å². The molecule has 6 rings (SSSR count). The summed E-state index contributed by atoms with van der Waals surface area (Å²) in [6, 6.07) is 19.4. The van der Waals surface area contributed by atoms with Crippen LogP contribution in [0.2, 0.25) is 0 Å². The van der Waals surface area contributed by atoms with E-state index in [-0.39, 0.29) is 17.6 Å². The molecule has 1 aliphatic carbocycles. The minimum Gasteiger partial charge on any atom is -0.325 e. The first-order valence-corrected chi connectivity index (χ1v) is 11.9. The largest absolute Gasteiger partial charge is 0.325 e. The van der Waals surface area contributed by atoms with Gasteiger partial charge in [0.1, 0.15) is 5.82 Å². The summed E-state index contributed by atoms with van der Waals surface area (Å²) in [5, 5.41) is 11.7. The average Bonchev–Trinajstić information content (AvgIpc) is 3.41. The summed E-state index contributed by atoms with van der Waals surface area (Å²) in [7, 11) is 4.13. The van der Waals surface area contributed by atoms with Crippen LogP contribution in [0.15, 0.2) is 60.7 Å². The second-order valence-corrected chi connectivity index (χ2v) is 10.1. The summed E-state index contributed by atoms with van der Waals surface area (Å²) in [6.07, 6.45) is 5.43. The molecular formula is C29H27FN4O. The SMILES string of the molecule is CN(C)Cc1ccc(/C=C/c2n[nH]c3cc([C@@H]4C[C@]45Cc4cc(F)ccc4NC5=O)ccc23)cc1. The van der Waals surface area contributed by atoms with Crippen molar-refractivity contribution >= 4 is 34.6 Å². The highest BCUT2D eigenvalue weighted by atomic mass is 19.1. The van der Waals surface area contributed by atoms with Crippen LogP contribution in [0.4, 0.5) is 10.1 Å². The predicted molar refractivity (Wildman–Crippen MR) is 137 cm³/mol. The Bertz CT molecular complexity index is 1470. The van der Waals surface area contributed by atoms with E-state index in [1.54, 1.807) is 12.1 Å². The number of amides is 1. The molecule has 0 radical (unpaired) electrons. The van der Waals surface area contributed by atoms with Crippen LogP contribution in [0, 0.1) is 11.2 Å². The molecule has 35 heavy (non-hydrogen) atoms. The molecule has 1 aliphatic heterocycles. The Morgan fingerprint density at radius 3 is 2.71 bits per heavy atom. The number of benzene rings is 3. The van der Waals surface area contributed by atoms with Crippen LogP contribution in [-0.4, -0.2) is 35.1 Å². The van der Waals surface area contributed by atoms with Gasteiger partial charge in [0, 0.05) is 17.6 Å². The number of H-pyrrole nitrogens is 1. The zero-order valence-corrected chi connectivity index (χ0v) is 19.8. The van der Waals surface area contributed by atoms with E-state index in [9.17, 15) is 9.18 Å². The highest BCUT2D eigenvalue weighted by Crippen LogP contribution is 2.63. The van der Waals surface area contributed by atoms with Gasteiger partial charge in [-0.1, -0.05) is 42.5 Å². The number of carbonyl (C=O) groups excluding carboxylic acids is 1. The van der Waals surface area contributed by atoms with Crippen LogP contribution < -0.4 is 5.32 Å². The molecule has 4 aromatic rings. The fraction of sp³-hybridized carbons (Fsp3) is 0.241. The lowest BCUT2D eigenvalue weighted by atomic mass is 9.86. The molecule has 0 bridgehead atoms. The summed E-state index contributed by atoms with van der Waals surface area (Å²) in [5.74, 6) is -0.117. The molecule has 176 valence electrons. The van der Waals surface area contributed by atoms with E-state index in [1.165, 1.54) is 11.6 Å². The fourth-order valence-electron chi connectivity index (χ4n) is 5.36. The monoisotopic (exact) mass is 466 g/mol. The zero-order valence-electron chi connectivity index (χ0n) is 19.8. The summed E-state index contributed by atoms with van der Waals surface area (Å²) in [5.41, 5.74) is 6.46. The summed E-state index contributed by atoms with van der Waals surface area (Å²) >= 11 is 0. The van der Waals surface area contributed by atoms with E-state index in [1.807, 2.05) is 6.08 Å². The molecule has 1 aromatic heterocycles. The van der Waals surface area contributed by atoms with Gasteiger partial charge in [0.15, 0.2) is 0 Å². The van der Waals surface area contributed by atoms with Crippen molar-refractivity contribution in [2.75, 3.05) is 19.4 Å². The molecular weight excluding hydrogens is 439 g/mol. The maximum Gasteiger partial charge on any atom is 0.231 e. The number of fused-ring (bicyclic) bond motifs is 2.